The summed E-state index contributed by atoms with van der Waals surface area (Å²) in [7, 11) is 0. The zero-order valence-corrected chi connectivity index (χ0v) is 12.9. The minimum absolute atomic E-state index is 0.0878. The van der Waals surface area contributed by atoms with Crippen molar-refractivity contribution >= 4 is 5.91 Å². The number of aromatic nitrogens is 1. The van der Waals surface area contributed by atoms with Gasteiger partial charge in [-0.25, -0.2) is 4.98 Å². The largest absolute Gasteiger partial charge is 0.471 e. The van der Waals surface area contributed by atoms with E-state index in [0.717, 1.165) is 17.8 Å². The van der Waals surface area contributed by atoms with Gasteiger partial charge in [-0.15, -0.1) is 0 Å². The molecule has 1 aliphatic heterocycles. The quantitative estimate of drug-likeness (QED) is 0.864. The molecule has 24 heavy (non-hydrogen) atoms. The second kappa shape index (κ2) is 6.14. The molecule has 1 fully saturated rings. The maximum atomic E-state index is 12.5. The number of amides is 1. The number of hydrogen-bond donors (Lipinski definition) is 0. The molecule has 1 aromatic heterocycles. The first-order valence-corrected chi connectivity index (χ1v) is 7.39. The summed E-state index contributed by atoms with van der Waals surface area (Å²) in [4.78, 5) is 17.5. The molecule has 0 radical (unpaired) electrons. The zero-order chi connectivity index (χ0) is 17.3. The number of nitrogens with zero attached hydrogens (tertiary/aromatic N) is 2. The molecule has 2 heterocycles. The standard InChI is InChI=1S/C17H15F3N2O2/c1-11-2-4-12(5-3-11)16(23)22-9-14(10-22)24-15-7-6-13(8-21-15)17(18,19)20/h2-8,14H,9-10H2,1H3. The molecule has 0 spiro atoms. The Kier molecular flexibility index (Phi) is 4.17. The van der Waals surface area contributed by atoms with Gasteiger partial charge in [0.1, 0.15) is 6.10 Å². The molecule has 7 heteroatoms. The van der Waals surface area contributed by atoms with Gasteiger partial charge in [0.25, 0.3) is 5.91 Å². The summed E-state index contributed by atoms with van der Waals surface area (Å²) in [6.45, 7) is 2.71. The SMILES string of the molecule is Cc1ccc(C(=O)N2CC(Oc3ccc(C(F)(F)F)cn3)C2)cc1. The normalized spacial score (nSPS) is 15.1. The first-order chi connectivity index (χ1) is 11.3. The van der Waals surface area contributed by atoms with Gasteiger partial charge in [-0.2, -0.15) is 13.2 Å². The molecule has 3 rings (SSSR count). The van der Waals surface area contributed by atoms with Crippen molar-refractivity contribution in [3.63, 3.8) is 0 Å². The van der Waals surface area contributed by atoms with Crippen LogP contribution in [0.15, 0.2) is 42.6 Å². The molecule has 2 aromatic rings. The van der Waals surface area contributed by atoms with Crippen LogP contribution in [0.2, 0.25) is 0 Å². The van der Waals surface area contributed by atoms with Gasteiger partial charge >= 0.3 is 6.18 Å². The van der Waals surface area contributed by atoms with Gasteiger partial charge < -0.3 is 9.64 Å². The number of carbonyl (C=O) groups excluding carboxylic acids is 1. The second-order valence-electron chi connectivity index (χ2n) is 5.70. The first kappa shape index (κ1) is 16.3. The maximum absolute atomic E-state index is 12.5. The van der Waals surface area contributed by atoms with Crippen molar-refractivity contribution in [2.24, 2.45) is 0 Å². The summed E-state index contributed by atoms with van der Waals surface area (Å²) in [6.07, 6.45) is -3.94. The lowest BCUT2D eigenvalue weighted by molar-refractivity contribution is -0.137. The van der Waals surface area contributed by atoms with Gasteiger partial charge in [0.2, 0.25) is 5.88 Å². The van der Waals surface area contributed by atoms with Gasteiger partial charge in [0.05, 0.1) is 18.7 Å². The Morgan fingerprint density at radius 1 is 1.17 bits per heavy atom. The van der Waals surface area contributed by atoms with Crippen molar-refractivity contribution in [3.8, 4) is 5.88 Å². The van der Waals surface area contributed by atoms with Gasteiger partial charge in [-0.3, -0.25) is 4.79 Å². The van der Waals surface area contributed by atoms with Crippen molar-refractivity contribution in [1.29, 1.82) is 0 Å². The van der Waals surface area contributed by atoms with E-state index in [1.165, 1.54) is 6.07 Å². The highest BCUT2D eigenvalue weighted by Gasteiger charge is 2.34. The number of benzene rings is 1. The highest BCUT2D eigenvalue weighted by molar-refractivity contribution is 5.94. The Balaban J connectivity index is 1.53. The van der Waals surface area contributed by atoms with Crippen molar-refractivity contribution in [2.45, 2.75) is 19.2 Å². The third kappa shape index (κ3) is 3.50. The van der Waals surface area contributed by atoms with Crippen molar-refractivity contribution < 1.29 is 22.7 Å². The molecule has 0 unspecified atom stereocenters. The highest BCUT2D eigenvalue weighted by Crippen LogP contribution is 2.29. The highest BCUT2D eigenvalue weighted by atomic mass is 19.4. The van der Waals surface area contributed by atoms with Crippen LogP contribution in [0.3, 0.4) is 0 Å². The minimum atomic E-state index is -4.42. The molecular weight excluding hydrogens is 321 g/mol. The number of rotatable bonds is 3. The predicted octanol–water partition coefficient (Wildman–Crippen LogP) is 3.31. The van der Waals surface area contributed by atoms with Crippen molar-refractivity contribution in [1.82, 2.24) is 9.88 Å². The number of alkyl halides is 3. The monoisotopic (exact) mass is 336 g/mol. The van der Waals surface area contributed by atoms with Crippen LogP contribution in [0.25, 0.3) is 0 Å². The van der Waals surface area contributed by atoms with Gasteiger partial charge in [0.15, 0.2) is 0 Å². The summed E-state index contributed by atoms with van der Waals surface area (Å²) < 4.78 is 42.9. The van der Waals surface area contributed by atoms with Crippen LogP contribution in [0, 0.1) is 6.92 Å². The maximum Gasteiger partial charge on any atom is 0.417 e. The number of carbonyl (C=O) groups is 1. The van der Waals surface area contributed by atoms with Crippen LogP contribution >= 0.6 is 0 Å². The van der Waals surface area contributed by atoms with Gasteiger partial charge in [-0.1, -0.05) is 17.7 Å². The smallest absolute Gasteiger partial charge is 0.417 e. The van der Waals surface area contributed by atoms with Crippen LogP contribution in [-0.4, -0.2) is 35.0 Å². The van der Waals surface area contributed by atoms with E-state index in [-0.39, 0.29) is 17.9 Å². The molecule has 0 aliphatic carbocycles. The summed E-state index contributed by atoms with van der Waals surface area (Å²) in [5.74, 6) is 0.0330. The molecule has 0 saturated carbocycles. The third-order valence-corrected chi connectivity index (χ3v) is 3.78. The Morgan fingerprint density at radius 2 is 1.83 bits per heavy atom. The minimum Gasteiger partial charge on any atom is -0.471 e. The van der Waals surface area contributed by atoms with E-state index in [0.29, 0.717) is 18.7 Å². The molecule has 126 valence electrons. The van der Waals surface area contributed by atoms with E-state index in [9.17, 15) is 18.0 Å². The van der Waals surface area contributed by atoms with Gasteiger partial charge in [0, 0.05) is 17.8 Å². The summed E-state index contributed by atoms with van der Waals surface area (Å²) in [5, 5.41) is 0. The van der Waals surface area contributed by atoms with E-state index >= 15 is 0 Å². The first-order valence-electron chi connectivity index (χ1n) is 7.39. The Labute approximate surface area is 136 Å². The van der Waals surface area contributed by atoms with Crippen molar-refractivity contribution in [3.05, 3.63) is 59.3 Å². The number of likely N-dealkylation sites (tertiary alicyclic amines) is 1. The van der Waals surface area contributed by atoms with E-state index in [4.69, 9.17) is 4.74 Å². The summed E-state index contributed by atoms with van der Waals surface area (Å²) >= 11 is 0. The Morgan fingerprint density at radius 3 is 2.38 bits per heavy atom. The van der Waals surface area contributed by atoms with E-state index in [1.54, 1.807) is 17.0 Å². The lowest BCUT2D eigenvalue weighted by atomic mass is 10.1. The molecule has 0 N–H and O–H groups in total. The van der Waals surface area contributed by atoms with E-state index in [2.05, 4.69) is 4.98 Å². The van der Waals surface area contributed by atoms with Gasteiger partial charge in [-0.05, 0) is 25.1 Å². The molecule has 0 bridgehead atoms. The van der Waals surface area contributed by atoms with Crippen LogP contribution in [0.1, 0.15) is 21.5 Å². The zero-order valence-electron chi connectivity index (χ0n) is 12.9. The molecule has 4 nitrogen and oxygen atoms in total. The number of hydrogen-bond acceptors (Lipinski definition) is 3. The molecule has 1 aromatic carbocycles. The number of pyridine rings is 1. The van der Waals surface area contributed by atoms with E-state index < -0.39 is 11.7 Å². The summed E-state index contributed by atoms with van der Waals surface area (Å²) in [5.41, 5.74) is 0.857. The lowest BCUT2D eigenvalue weighted by Gasteiger charge is -2.38. The number of aryl methyl sites for hydroxylation is 1. The average Bonchev–Trinajstić information content (AvgIpc) is 2.50. The van der Waals surface area contributed by atoms with Crippen molar-refractivity contribution in [2.75, 3.05) is 13.1 Å². The van der Waals surface area contributed by atoms with Crippen LogP contribution in [-0.2, 0) is 6.18 Å². The second-order valence-corrected chi connectivity index (χ2v) is 5.70. The topological polar surface area (TPSA) is 42.4 Å². The Hall–Kier alpha value is -2.57. The third-order valence-electron chi connectivity index (χ3n) is 3.78. The molecular formula is C17H15F3N2O2. The van der Waals surface area contributed by atoms with E-state index in [1.807, 2.05) is 19.1 Å². The lowest BCUT2D eigenvalue weighted by Crippen LogP contribution is -2.56. The molecule has 0 atom stereocenters. The predicted molar refractivity (Wildman–Crippen MR) is 80.7 cm³/mol. The average molecular weight is 336 g/mol. The molecule has 1 amide bonds. The fourth-order valence-electron chi connectivity index (χ4n) is 2.35. The number of halogens is 3. The molecule has 1 saturated heterocycles. The van der Waals surface area contributed by atoms with Crippen LogP contribution in [0.5, 0.6) is 5.88 Å². The Bertz CT molecular complexity index is 721. The molecule has 1 aliphatic rings. The van der Waals surface area contributed by atoms with Crippen LogP contribution < -0.4 is 4.74 Å². The fourth-order valence-corrected chi connectivity index (χ4v) is 2.35. The van der Waals surface area contributed by atoms with Crippen LogP contribution in [0.4, 0.5) is 13.2 Å². The fraction of sp³-hybridized carbons (Fsp3) is 0.294. The summed E-state index contributed by atoms with van der Waals surface area (Å²) in [6, 6.07) is 9.39. The number of ether oxygens (including phenoxy) is 1.